The maximum absolute atomic E-state index is 11.9. The third-order valence-corrected chi connectivity index (χ3v) is 3.54. The second-order valence-electron chi connectivity index (χ2n) is 5.01. The van der Waals surface area contributed by atoms with Gasteiger partial charge in [0.15, 0.2) is 6.61 Å². The van der Waals surface area contributed by atoms with Crippen LogP contribution in [0.1, 0.15) is 17.3 Å². The Morgan fingerprint density at radius 3 is 2.32 bits per heavy atom. The highest BCUT2D eigenvalue weighted by Gasteiger charge is 2.12. The van der Waals surface area contributed by atoms with Gasteiger partial charge >= 0.3 is 5.97 Å². The molecule has 0 aliphatic heterocycles. The first-order valence-electron chi connectivity index (χ1n) is 7.15. The van der Waals surface area contributed by atoms with Gasteiger partial charge in [0, 0.05) is 17.6 Å². The van der Waals surface area contributed by atoms with Gasteiger partial charge in [-0.25, -0.2) is 4.79 Å². The molecule has 0 heterocycles. The molecule has 2 N–H and O–H groups in total. The van der Waals surface area contributed by atoms with Crippen molar-refractivity contribution in [3.05, 3.63) is 58.1 Å². The SMILES string of the molecule is CC(=O)Nc1ccc(C(=O)OCC(=O)Nc2cc(Cl)ccc2Cl)cc1. The zero-order valence-electron chi connectivity index (χ0n) is 13.1. The number of amides is 2. The first kappa shape index (κ1) is 18.8. The van der Waals surface area contributed by atoms with Crippen LogP contribution in [0.4, 0.5) is 11.4 Å². The molecule has 0 aromatic heterocycles. The lowest BCUT2D eigenvalue weighted by molar-refractivity contribution is -0.119. The molecule has 0 saturated heterocycles. The van der Waals surface area contributed by atoms with E-state index in [1.807, 2.05) is 0 Å². The summed E-state index contributed by atoms with van der Waals surface area (Å²) in [7, 11) is 0. The number of carbonyl (C=O) groups is 3. The van der Waals surface area contributed by atoms with E-state index in [2.05, 4.69) is 10.6 Å². The van der Waals surface area contributed by atoms with E-state index in [1.54, 1.807) is 24.3 Å². The zero-order chi connectivity index (χ0) is 18.4. The monoisotopic (exact) mass is 380 g/mol. The molecule has 130 valence electrons. The van der Waals surface area contributed by atoms with E-state index < -0.39 is 18.5 Å². The predicted molar refractivity (Wildman–Crippen MR) is 96.1 cm³/mol. The van der Waals surface area contributed by atoms with Gasteiger partial charge in [0.05, 0.1) is 16.3 Å². The van der Waals surface area contributed by atoms with E-state index in [4.69, 9.17) is 27.9 Å². The summed E-state index contributed by atoms with van der Waals surface area (Å²) in [6.07, 6.45) is 0. The molecule has 0 aliphatic rings. The van der Waals surface area contributed by atoms with Crippen molar-refractivity contribution in [3.63, 3.8) is 0 Å². The van der Waals surface area contributed by atoms with Crippen LogP contribution < -0.4 is 10.6 Å². The lowest BCUT2D eigenvalue weighted by Crippen LogP contribution is -2.21. The van der Waals surface area contributed by atoms with Gasteiger partial charge in [-0.15, -0.1) is 0 Å². The van der Waals surface area contributed by atoms with Crippen molar-refractivity contribution < 1.29 is 19.1 Å². The van der Waals surface area contributed by atoms with Crippen LogP contribution in [0.5, 0.6) is 0 Å². The summed E-state index contributed by atoms with van der Waals surface area (Å²) in [4.78, 5) is 34.7. The number of hydrogen-bond donors (Lipinski definition) is 2. The topological polar surface area (TPSA) is 84.5 Å². The second kappa shape index (κ2) is 8.50. The van der Waals surface area contributed by atoms with Gasteiger partial charge < -0.3 is 15.4 Å². The number of nitrogens with one attached hydrogen (secondary N) is 2. The molecule has 2 aromatic rings. The summed E-state index contributed by atoms with van der Waals surface area (Å²) in [5, 5.41) is 5.82. The summed E-state index contributed by atoms with van der Waals surface area (Å²) >= 11 is 11.8. The number of benzene rings is 2. The van der Waals surface area contributed by atoms with Crippen LogP contribution in [0, 0.1) is 0 Å². The first-order valence-corrected chi connectivity index (χ1v) is 7.90. The molecule has 0 unspecified atom stereocenters. The molecule has 25 heavy (non-hydrogen) atoms. The Kier molecular flexibility index (Phi) is 6.38. The Labute approximate surface area is 154 Å². The fourth-order valence-electron chi connectivity index (χ4n) is 1.89. The minimum Gasteiger partial charge on any atom is -0.452 e. The lowest BCUT2D eigenvalue weighted by atomic mass is 10.2. The van der Waals surface area contributed by atoms with Crippen LogP contribution in [0.25, 0.3) is 0 Å². The number of carbonyl (C=O) groups excluding carboxylic acids is 3. The van der Waals surface area contributed by atoms with Crippen LogP contribution in [0.3, 0.4) is 0 Å². The lowest BCUT2D eigenvalue weighted by Gasteiger charge is -2.09. The minimum absolute atomic E-state index is 0.216. The van der Waals surface area contributed by atoms with Crippen molar-refractivity contribution in [3.8, 4) is 0 Å². The number of rotatable bonds is 5. The molecule has 0 atom stereocenters. The molecule has 8 heteroatoms. The third kappa shape index (κ3) is 5.77. The molecule has 2 aromatic carbocycles. The molecule has 0 spiro atoms. The molecular weight excluding hydrogens is 367 g/mol. The Morgan fingerprint density at radius 2 is 1.68 bits per heavy atom. The number of esters is 1. The van der Waals surface area contributed by atoms with Crippen LogP contribution in [0.2, 0.25) is 10.0 Å². The van der Waals surface area contributed by atoms with Gasteiger partial charge in [0.25, 0.3) is 5.91 Å². The van der Waals surface area contributed by atoms with Crippen molar-refractivity contribution in [1.82, 2.24) is 0 Å². The van der Waals surface area contributed by atoms with Crippen molar-refractivity contribution in [1.29, 1.82) is 0 Å². The summed E-state index contributed by atoms with van der Waals surface area (Å²) < 4.78 is 4.94. The largest absolute Gasteiger partial charge is 0.452 e. The molecule has 2 rings (SSSR count). The fourth-order valence-corrected chi connectivity index (χ4v) is 2.22. The standard InChI is InChI=1S/C17H14Cl2N2O4/c1-10(22)20-13-5-2-11(3-6-13)17(24)25-9-16(23)21-15-8-12(18)4-7-14(15)19/h2-8H,9H2,1H3,(H,20,22)(H,21,23). The maximum atomic E-state index is 11.9. The highest BCUT2D eigenvalue weighted by molar-refractivity contribution is 6.35. The van der Waals surface area contributed by atoms with Gasteiger partial charge in [0.2, 0.25) is 5.91 Å². The fraction of sp³-hybridized carbons (Fsp3) is 0.118. The van der Waals surface area contributed by atoms with Gasteiger partial charge in [-0.3, -0.25) is 9.59 Å². The van der Waals surface area contributed by atoms with E-state index in [-0.39, 0.29) is 11.5 Å². The molecule has 0 bridgehead atoms. The maximum Gasteiger partial charge on any atom is 0.338 e. The molecule has 0 radical (unpaired) electrons. The number of halogens is 2. The molecule has 0 fully saturated rings. The average Bonchev–Trinajstić information content (AvgIpc) is 2.56. The normalized spacial score (nSPS) is 10.0. The van der Waals surface area contributed by atoms with E-state index >= 15 is 0 Å². The highest BCUT2D eigenvalue weighted by atomic mass is 35.5. The second-order valence-corrected chi connectivity index (χ2v) is 5.85. The zero-order valence-corrected chi connectivity index (χ0v) is 14.6. The Hall–Kier alpha value is -2.57. The molecule has 6 nitrogen and oxygen atoms in total. The summed E-state index contributed by atoms with van der Waals surface area (Å²) in [6, 6.07) is 10.7. The van der Waals surface area contributed by atoms with Crippen molar-refractivity contribution >= 4 is 52.4 Å². The highest BCUT2D eigenvalue weighted by Crippen LogP contribution is 2.25. The summed E-state index contributed by atoms with van der Waals surface area (Å²) in [5.74, 6) is -1.43. The summed E-state index contributed by atoms with van der Waals surface area (Å²) in [6.45, 7) is 0.905. The van der Waals surface area contributed by atoms with E-state index in [1.165, 1.54) is 25.1 Å². The minimum atomic E-state index is -0.665. The number of hydrogen-bond acceptors (Lipinski definition) is 4. The van der Waals surface area contributed by atoms with Crippen LogP contribution >= 0.6 is 23.2 Å². The van der Waals surface area contributed by atoms with Crippen molar-refractivity contribution in [2.24, 2.45) is 0 Å². The molecular formula is C17H14Cl2N2O4. The molecule has 0 saturated carbocycles. The number of anilines is 2. The Balaban J connectivity index is 1.89. The van der Waals surface area contributed by atoms with Gasteiger partial charge in [-0.05, 0) is 42.5 Å². The quantitative estimate of drug-likeness (QED) is 0.773. The van der Waals surface area contributed by atoms with Crippen LogP contribution in [-0.4, -0.2) is 24.4 Å². The Morgan fingerprint density at radius 1 is 1.00 bits per heavy atom. The Bertz CT molecular complexity index is 807. The van der Waals surface area contributed by atoms with Crippen molar-refractivity contribution in [2.45, 2.75) is 6.92 Å². The van der Waals surface area contributed by atoms with Gasteiger partial charge in [-0.1, -0.05) is 23.2 Å². The van der Waals surface area contributed by atoms with Gasteiger partial charge in [0.1, 0.15) is 0 Å². The van der Waals surface area contributed by atoms with Gasteiger partial charge in [-0.2, -0.15) is 0 Å². The molecule has 2 amide bonds. The average molecular weight is 381 g/mol. The summed E-state index contributed by atoms with van der Waals surface area (Å²) in [5.41, 5.74) is 1.13. The smallest absolute Gasteiger partial charge is 0.338 e. The number of ether oxygens (including phenoxy) is 1. The molecule has 0 aliphatic carbocycles. The van der Waals surface area contributed by atoms with Crippen molar-refractivity contribution in [2.75, 3.05) is 17.2 Å². The van der Waals surface area contributed by atoms with E-state index in [9.17, 15) is 14.4 Å². The first-order chi connectivity index (χ1) is 11.8. The third-order valence-electron chi connectivity index (χ3n) is 2.98. The van der Waals surface area contributed by atoms with E-state index in [0.29, 0.717) is 21.4 Å². The van der Waals surface area contributed by atoms with E-state index in [0.717, 1.165) is 0 Å². The van der Waals surface area contributed by atoms with Crippen LogP contribution in [0.15, 0.2) is 42.5 Å². The van der Waals surface area contributed by atoms with Crippen LogP contribution in [-0.2, 0) is 14.3 Å². The predicted octanol–water partition coefficient (Wildman–Crippen LogP) is 3.75.